The standard InChI is InChI=1S/C21H19ClFN3O4S/c1-29-20(27)11-7-10(8-11)16-15(21(28)30-2)17(13-4-3-12(23)9-14(13)22)26-18(25-16)19-24-5-6-31-19/h3-6,9-11,17H,7-8H2,1-2H3,(H,25,26). The molecule has 1 aliphatic carbocycles. The quantitative estimate of drug-likeness (QED) is 0.681. The smallest absolute Gasteiger partial charge is 0.338 e. The van der Waals surface area contributed by atoms with E-state index < -0.39 is 17.8 Å². The molecule has 2 aliphatic rings. The SMILES string of the molecule is COC(=O)C1=C(C2CC(C(=O)OC)C2)NC(c2nccs2)=NC1c1ccc(F)cc1Cl. The fourth-order valence-corrected chi connectivity index (χ4v) is 4.69. The van der Waals surface area contributed by atoms with E-state index in [-0.39, 0.29) is 28.4 Å². The highest BCUT2D eigenvalue weighted by Crippen LogP contribution is 2.45. The first-order valence-corrected chi connectivity index (χ1v) is 10.8. The number of allylic oxidation sites excluding steroid dienone is 1. The van der Waals surface area contributed by atoms with Crippen molar-refractivity contribution in [3.05, 3.63) is 62.5 Å². The summed E-state index contributed by atoms with van der Waals surface area (Å²) in [6.45, 7) is 0. The van der Waals surface area contributed by atoms with Gasteiger partial charge in [0.05, 0.1) is 25.7 Å². The minimum Gasteiger partial charge on any atom is -0.469 e. The first kappa shape index (κ1) is 21.5. The average Bonchev–Trinajstić information content (AvgIpc) is 3.26. The summed E-state index contributed by atoms with van der Waals surface area (Å²) in [6, 6.07) is 3.15. The number of rotatable bonds is 5. The number of hydrogen-bond donors (Lipinski definition) is 1. The molecule has 1 fully saturated rings. The first-order chi connectivity index (χ1) is 14.9. The Morgan fingerprint density at radius 1 is 1.26 bits per heavy atom. The van der Waals surface area contributed by atoms with Crippen LogP contribution in [0.15, 0.2) is 46.0 Å². The fraction of sp³-hybridized carbons (Fsp3) is 0.333. The van der Waals surface area contributed by atoms with Crippen LogP contribution in [0.5, 0.6) is 0 Å². The van der Waals surface area contributed by atoms with Crippen molar-refractivity contribution in [2.24, 2.45) is 16.8 Å². The third-order valence-electron chi connectivity index (χ3n) is 5.45. The molecule has 7 nitrogen and oxygen atoms in total. The van der Waals surface area contributed by atoms with Gasteiger partial charge in [-0.25, -0.2) is 14.2 Å². The van der Waals surface area contributed by atoms with Crippen molar-refractivity contribution >= 4 is 40.7 Å². The summed E-state index contributed by atoms with van der Waals surface area (Å²) in [4.78, 5) is 33.7. The van der Waals surface area contributed by atoms with Gasteiger partial charge < -0.3 is 14.8 Å². The van der Waals surface area contributed by atoms with E-state index in [1.54, 1.807) is 6.20 Å². The van der Waals surface area contributed by atoms with Gasteiger partial charge in [0.2, 0.25) is 0 Å². The number of carbonyl (C=O) groups excluding carboxylic acids is 2. The zero-order chi connectivity index (χ0) is 22.1. The zero-order valence-corrected chi connectivity index (χ0v) is 18.3. The fourth-order valence-electron chi connectivity index (χ4n) is 3.83. The van der Waals surface area contributed by atoms with Crippen LogP contribution in [0.1, 0.15) is 29.5 Å². The van der Waals surface area contributed by atoms with E-state index in [4.69, 9.17) is 26.1 Å². The largest absolute Gasteiger partial charge is 0.469 e. The lowest BCUT2D eigenvalue weighted by atomic mass is 9.71. The van der Waals surface area contributed by atoms with Crippen molar-refractivity contribution in [3.8, 4) is 0 Å². The highest BCUT2D eigenvalue weighted by molar-refractivity contribution is 7.11. The molecule has 0 amide bonds. The molecule has 1 aromatic carbocycles. The lowest BCUT2D eigenvalue weighted by Crippen LogP contribution is -2.42. The number of ether oxygens (including phenoxy) is 2. The highest BCUT2D eigenvalue weighted by atomic mass is 35.5. The van der Waals surface area contributed by atoms with Gasteiger partial charge in [-0.05, 0) is 25.0 Å². The number of aromatic nitrogens is 1. The molecule has 1 N–H and O–H groups in total. The summed E-state index contributed by atoms with van der Waals surface area (Å²) in [5, 5.41) is 5.84. The monoisotopic (exact) mass is 463 g/mol. The van der Waals surface area contributed by atoms with Crippen molar-refractivity contribution in [3.63, 3.8) is 0 Å². The summed E-state index contributed by atoms with van der Waals surface area (Å²) in [5.41, 5.74) is 1.36. The predicted molar refractivity (Wildman–Crippen MR) is 113 cm³/mol. The van der Waals surface area contributed by atoms with Gasteiger partial charge in [0.15, 0.2) is 10.8 Å². The summed E-state index contributed by atoms with van der Waals surface area (Å²) in [6.07, 6.45) is 2.69. The number of amidine groups is 1. The summed E-state index contributed by atoms with van der Waals surface area (Å²) in [7, 11) is 2.64. The van der Waals surface area contributed by atoms with Gasteiger partial charge in [-0.1, -0.05) is 17.7 Å². The van der Waals surface area contributed by atoms with Crippen LogP contribution in [0.2, 0.25) is 5.02 Å². The summed E-state index contributed by atoms with van der Waals surface area (Å²) >= 11 is 7.72. The van der Waals surface area contributed by atoms with Crippen LogP contribution in [-0.4, -0.2) is 37.0 Å². The molecule has 162 valence electrons. The number of aliphatic imine (C=N–C) groups is 1. The number of thiazole rings is 1. The second-order valence-corrected chi connectivity index (χ2v) is 8.52. The van der Waals surface area contributed by atoms with Gasteiger partial charge in [0, 0.05) is 33.8 Å². The molecule has 1 aromatic heterocycles. The highest BCUT2D eigenvalue weighted by Gasteiger charge is 2.43. The van der Waals surface area contributed by atoms with Gasteiger partial charge in [-0.2, -0.15) is 0 Å². The number of carbonyl (C=O) groups is 2. The third kappa shape index (κ3) is 4.07. The van der Waals surface area contributed by atoms with E-state index in [1.807, 2.05) is 5.38 Å². The first-order valence-electron chi connectivity index (χ1n) is 9.52. The van der Waals surface area contributed by atoms with Gasteiger partial charge in [-0.3, -0.25) is 9.79 Å². The van der Waals surface area contributed by atoms with Crippen LogP contribution < -0.4 is 5.32 Å². The summed E-state index contributed by atoms with van der Waals surface area (Å²) in [5.74, 6) is -1.21. The van der Waals surface area contributed by atoms with Crippen molar-refractivity contribution in [2.45, 2.75) is 18.9 Å². The Kier molecular flexibility index (Phi) is 6.06. The number of hydrogen-bond acceptors (Lipinski definition) is 8. The minimum atomic E-state index is -0.812. The molecular weight excluding hydrogens is 445 g/mol. The molecule has 1 unspecified atom stereocenters. The maximum absolute atomic E-state index is 13.7. The van der Waals surface area contributed by atoms with Crippen molar-refractivity contribution in [1.29, 1.82) is 0 Å². The van der Waals surface area contributed by atoms with E-state index in [9.17, 15) is 14.0 Å². The Morgan fingerprint density at radius 2 is 2.03 bits per heavy atom. The molecule has 1 aliphatic heterocycles. The lowest BCUT2D eigenvalue weighted by Gasteiger charge is -2.38. The van der Waals surface area contributed by atoms with Crippen LogP contribution in [0.3, 0.4) is 0 Å². The van der Waals surface area contributed by atoms with Crippen molar-refractivity contribution < 1.29 is 23.5 Å². The van der Waals surface area contributed by atoms with Crippen LogP contribution in [0, 0.1) is 17.7 Å². The molecule has 0 spiro atoms. The average molecular weight is 464 g/mol. The number of benzene rings is 1. The Balaban J connectivity index is 1.81. The van der Waals surface area contributed by atoms with E-state index in [1.165, 1.54) is 43.8 Å². The van der Waals surface area contributed by atoms with Crippen LogP contribution in [-0.2, 0) is 19.1 Å². The molecule has 10 heteroatoms. The molecule has 2 heterocycles. The molecule has 4 rings (SSSR count). The molecule has 31 heavy (non-hydrogen) atoms. The topological polar surface area (TPSA) is 89.9 Å². The van der Waals surface area contributed by atoms with E-state index >= 15 is 0 Å². The van der Waals surface area contributed by atoms with Gasteiger partial charge in [0.25, 0.3) is 0 Å². The normalized spacial score (nSPS) is 22.8. The van der Waals surface area contributed by atoms with Crippen molar-refractivity contribution in [1.82, 2.24) is 10.3 Å². The second-order valence-electron chi connectivity index (χ2n) is 7.22. The number of nitrogens with zero attached hydrogens (tertiary/aromatic N) is 2. The maximum atomic E-state index is 13.7. The number of esters is 2. The van der Waals surface area contributed by atoms with E-state index in [0.29, 0.717) is 34.9 Å². The minimum absolute atomic E-state index is 0.106. The number of halogens is 2. The molecule has 2 aromatic rings. The van der Waals surface area contributed by atoms with Gasteiger partial charge in [-0.15, -0.1) is 11.3 Å². The van der Waals surface area contributed by atoms with Crippen LogP contribution >= 0.6 is 22.9 Å². The zero-order valence-electron chi connectivity index (χ0n) is 16.7. The lowest BCUT2D eigenvalue weighted by molar-refractivity contribution is -0.149. The van der Waals surface area contributed by atoms with E-state index in [0.717, 1.165) is 0 Å². The Hall–Kier alpha value is -2.78. The van der Waals surface area contributed by atoms with Crippen LogP contribution in [0.4, 0.5) is 4.39 Å². The molecular formula is C21H19ClFN3O4S. The van der Waals surface area contributed by atoms with Gasteiger partial charge in [0.1, 0.15) is 11.9 Å². The van der Waals surface area contributed by atoms with Crippen molar-refractivity contribution in [2.75, 3.05) is 14.2 Å². The maximum Gasteiger partial charge on any atom is 0.338 e. The molecule has 0 saturated heterocycles. The molecule has 0 bridgehead atoms. The second kappa shape index (κ2) is 8.76. The molecule has 1 atom stereocenters. The van der Waals surface area contributed by atoms with Crippen LogP contribution in [0.25, 0.3) is 0 Å². The Bertz CT molecular complexity index is 1080. The predicted octanol–water partition coefficient (Wildman–Crippen LogP) is 3.65. The number of nitrogens with one attached hydrogen (secondary N) is 1. The third-order valence-corrected chi connectivity index (χ3v) is 6.56. The summed E-state index contributed by atoms with van der Waals surface area (Å²) < 4.78 is 23.5. The molecule has 0 radical (unpaired) electrons. The Morgan fingerprint density at radius 3 is 2.65 bits per heavy atom. The Labute approximate surface area is 186 Å². The van der Waals surface area contributed by atoms with E-state index in [2.05, 4.69) is 10.3 Å². The number of methoxy groups -OCH3 is 2. The van der Waals surface area contributed by atoms with Gasteiger partial charge >= 0.3 is 11.9 Å². The molecule has 1 saturated carbocycles.